The van der Waals surface area contributed by atoms with Crippen LogP contribution in [0, 0.1) is 0 Å². The number of likely N-dealkylation sites (N-methyl/N-ethyl adjacent to an activating group) is 1. The number of aromatic nitrogens is 3. The van der Waals surface area contributed by atoms with Gasteiger partial charge in [-0.2, -0.15) is 0 Å². The van der Waals surface area contributed by atoms with E-state index in [9.17, 15) is 0 Å². The van der Waals surface area contributed by atoms with Gasteiger partial charge in [-0.3, -0.25) is 9.39 Å². The normalized spacial score (nSPS) is 13.5. The van der Waals surface area contributed by atoms with E-state index in [1.807, 2.05) is 28.8 Å². The van der Waals surface area contributed by atoms with Crippen molar-refractivity contribution in [3.63, 3.8) is 0 Å². The van der Waals surface area contributed by atoms with Crippen LogP contribution in [0.3, 0.4) is 0 Å². The summed E-state index contributed by atoms with van der Waals surface area (Å²) in [6.45, 7) is 6.85. The second-order valence-corrected chi connectivity index (χ2v) is 5.64. The smallest absolute Gasteiger partial charge is 0.191 e. The fraction of sp³-hybridized carbons (Fsp3) is 0.562. The molecule has 2 heterocycles. The van der Waals surface area contributed by atoms with E-state index in [1.54, 1.807) is 7.05 Å². The lowest BCUT2D eigenvalue weighted by Crippen LogP contribution is -2.42. The van der Waals surface area contributed by atoms with Crippen molar-refractivity contribution in [2.24, 2.45) is 4.99 Å². The van der Waals surface area contributed by atoms with E-state index >= 15 is 0 Å². The molecule has 2 aromatic heterocycles. The van der Waals surface area contributed by atoms with Crippen molar-refractivity contribution in [2.75, 3.05) is 27.2 Å². The van der Waals surface area contributed by atoms with Crippen molar-refractivity contribution in [3.8, 4) is 0 Å². The van der Waals surface area contributed by atoms with Gasteiger partial charge in [-0.1, -0.05) is 13.0 Å². The molecule has 7 nitrogen and oxygen atoms in total. The maximum atomic E-state index is 4.25. The molecule has 0 fully saturated rings. The molecule has 0 saturated heterocycles. The van der Waals surface area contributed by atoms with Gasteiger partial charge in [0, 0.05) is 32.4 Å². The van der Waals surface area contributed by atoms with Crippen LogP contribution in [0.2, 0.25) is 0 Å². The van der Waals surface area contributed by atoms with Gasteiger partial charge in [0.25, 0.3) is 0 Å². The number of fused-ring (bicyclic) bond motifs is 1. The summed E-state index contributed by atoms with van der Waals surface area (Å²) in [5.74, 6) is 1.63. The van der Waals surface area contributed by atoms with Crippen LogP contribution >= 0.6 is 0 Å². The van der Waals surface area contributed by atoms with Crippen molar-refractivity contribution >= 4 is 11.6 Å². The summed E-state index contributed by atoms with van der Waals surface area (Å²) in [5, 5.41) is 15.0. The van der Waals surface area contributed by atoms with Gasteiger partial charge in [-0.05, 0) is 32.5 Å². The molecule has 0 aliphatic heterocycles. The average Bonchev–Trinajstić information content (AvgIpc) is 3.00. The fourth-order valence-corrected chi connectivity index (χ4v) is 2.28. The molecule has 0 saturated carbocycles. The van der Waals surface area contributed by atoms with Crippen LogP contribution in [-0.2, 0) is 6.54 Å². The lowest BCUT2D eigenvalue weighted by molar-refractivity contribution is 0.255. The number of hydrogen-bond donors (Lipinski definition) is 2. The summed E-state index contributed by atoms with van der Waals surface area (Å²) in [6, 6.07) is 6.45. The fourth-order valence-electron chi connectivity index (χ4n) is 2.28. The van der Waals surface area contributed by atoms with Gasteiger partial charge in [0.05, 0.1) is 6.54 Å². The molecule has 1 atom stereocenters. The minimum Gasteiger partial charge on any atom is -0.355 e. The molecule has 1 unspecified atom stereocenters. The zero-order chi connectivity index (χ0) is 16.7. The number of nitrogens with one attached hydrogen (secondary N) is 2. The van der Waals surface area contributed by atoms with Crippen LogP contribution in [0.1, 0.15) is 26.1 Å². The van der Waals surface area contributed by atoms with Gasteiger partial charge >= 0.3 is 0 Å². The Balaban J connectivity index is 1.81. The Hall–Kier alpha value is -2.15. The van der Waals surface area contributed by atoms with Crippen LogP contribution in [0.15, 0.2) is 29.4 Å². The predicted molar refractivity (Wildman–Crippen MR) is 93.6 cm³/mol. The van der Waals surface area contributed by atoms with Crippen LogP contribution in [0.5, 0.6) is 0 Å². The molecular formula is C16H27N7. The molecule has 0 bridgehead atoms. The van der Waals surface area contributed by atoms with Crippen LogP contribution < -0.4 is 10.6 Å². The first-order valence-corrected chi connectivity index (χ1v) is 8.09. The minimum atomic E-state index is 0.575. The molecule has 2 N–H and O–H groups in total. The summed E-state index contributed by atoms with van der Waals surface area (Å²) < 4.78 is 1.97. The van der Waals surface area contributed by atoms with Gasteiger partial charge in [0.1, 0.15) is 0 Å². The van der Waals surface area contributed by atoms with Gasteiger partial charge in [0.15, 0.2) is 17.4 Å². The molecule has 0 amide bonds. The third kappa shape index (κ3) is 4.66. The van der Waals surface area contributed by atoms with Gasteiger partial charge in [-0.25, -0.2) is 0 Å². The highest BCUT2D eigenvalue weighted by molar-refractivity contribution is 5.79. The number of pyridine rings is 1. The molecular weight excluding hydrogens is 290 g/mol. The second kappa shape index (κ2) is 8.47. The van der Waals surface area contributed by atoms with Crippen LogP contribution in [0.25, 0.3) is 5.65 Å². The Morgan fingerprint density at radius 1 is 1.35 bits per heavy atom. The first-order valence-electron chi connectivity index (χ1n) is 8.09. The molecule has 0 aromatic carbocycles. The molecule has 0 aliphatic rings. The Kier molecular flexibility index (Phi) is 6.34. The van der Waals surface area contributed by atoms with Crippen molar-refractivity contribution < 1.29 is 0 Å². The topological polar surface area (TPSA) is 69.8 Å². The Morgan fingerprint density at radius 3 is 2.91 bits per heavy atom. The van der Waals surface area contributed by atoms with E-state index in [0.29, 0.717) is 12.6 Å². The standard InChI is InChI=1S/C16H27N7/c1-5-13(2)22(4)11-9-18-16(17-3)19-12-15-21-20-14-8-6-7-10-23(14)15/h6-8,10,13H,5,9,11-12H2,1-4H3,(H2,17,18,19). The van der Waals surface area contributed by atoms with Gasteiger partial charge in [-0.15, -0.1) is 10.2 Å². The molecule has 2 aromatic rings. The SMILES string of the molecule is CCC(C)N(C)CCNC(=NC)NCc1nnc2ccccn12. The summed E-state index contributed by atoms with van der Waals surface area (Å²) in [4.78, 5) is 6.59. The zero-order valence-corrected chi connectivity index (χ0v) is 14.5. The molecule has 7 heteroatoms. The zero-order valence-electron chi connectivity index (χ0n) is 14.5. The van der Waals surface area contributed by atoms with E-state index < -0.39 is 0 Å². The maximum absolute atomic E-state index is 4.25. The average molecular weight is 317 g/mol. The summed E-state index contributed by atoms with van der Waals surface area (Å²) in [7, 11) is 3.92. The van der Waals surface area contributed by atoms with E-state index in [2.05, 4.69) is 51.6 Å². The van der Waals surface area contributed by atoms with Crippen LogP contribution in [-0.4, -0.2) is 58.7 Å². The highest BCUT2D eigenvalue weighted by Crippen LogP contribution is 2.02. The molecule has 0 aliphatic carbocycles. The molecule has 0 spiro atoms. The quantitative estimate of drug-likeness (QED) is 0.592. The monoisotopic (exact) mass is 317 g/mol. The molecule has 0 radical (unpaired) electrons. The van der Waals surface area contributed by atoms with Crippen LogP contribution in [0.4, 0.5) is 0 Å². The van der Waals surface area contributed by atoms with Crippen molar-refractivity contribution in [3.05, 3.63) is 30.2 Å². The van der Waals surface area contributed by atoms with Gasteiger partial charge in [0.2, 0.25) is 0 Å². The van der Waals surface area contributed by atoms with E-state index in [1.165, 1.54) is 0 Å². The third-order valence-corrected chi connectivity index (χ3v) is 4.12. The lowest BCUT2D eigenvalue weighted by Gasteiger charge is -2.23. The molecule has 2 rings (SSSR count). The van der Waals surface area contributed by atoms with E-state index in [0.717, 1.165) is 36.9 Å². The Labute approximate surface area is 137 Å². The highest BCUT2D eigenvalue weighted by Gasteiger charge is 2.07. The Bertz CT molecular complexity index is 634. The number of aliphatic imine (C=N–C) groups is 1. The summed E-state index contributed by atoms with van der Waals surface area (Å²) in [5.41, 5.74) is 0.849. The number of hydrogen-bond acceptors (Lipinski definition) is 4. The first-order chi connectivity index (χ1) is 11.2. The summed E-state index contributed by atoms with van der Waals surface area (Å²) >= 11 is 0. The second-order valence-electron chi connectivity index (χ2n) is 5.64. The molecule has 23 heavy (non-hydrogen) atoms. The minimum absolute atomic E-state index is 0.575. The predicted octanol–water partition coefficient (Wildman–Crippen LogP) is 1.12. The van der Waals surface area contributed by atoms with E-state index in [4.69, 9.17) is 0 Å². The molecule has 126 valence electrons. The maximum Gasteiger partial charge on any atom is 0.191 e. The van der Waals surface area contributed by atoms with Gasteiger partial charge < -0.3 is 15.5 Å². The van der Waals surface area contributed by atoms with Crippen molar-refractivity contribution in [2.45, 2.75) is 32.9 Å². The first kappa shape index (κ1) is 17.2. The lowest BCUT2D eigenvalue weighted by atomic mass is 10.2. The number of guanidine groups is 1. The number of nitrogens with zero attached hydrogens (tertiary/aromatic N) is 5. The summed E-state index contributed by atoms with van der Waals surface area (Å²) in [6.07, 6.45) is 3.12. The highest BCUT2D eigenvalue weighted by atomic mass is 15.3. The van der Waals surface area contributed by atoms with Crippen molar-refractivity contribution in [1.82, 2.24) is 30.1 Å². The van der Waals surface area contributed by atoms with Crippen molar-refractivity contribution in [1.29, 1.82) is 0 Å². The Morgan fingerprint density at radius 2 is 2.17 bits per heavy atom. The number of rotatable bonds is 7. The van der Waals surface area contributed by atoms with E-state index in [-0.39, 0.29) is 0 Å². The third-order valence-electron chi connectivity index (χ3n) is 4.12. The largest absolute Gasteiger partial charge is 0.355 e.